The van der Waals surface area contributed by atoms with Crippen molar-refractivity contribution in [1.29, 1.82) is 0 Å². The molecule has 0 aromatic rings. The lowest BCUT2D eigenvalue weighted by atomic mass is 9.64. The van der Waals surface area contributed by atoms with Crippen molar-refractivity contribution >= 4 is 12.1 Å². The van der Waals surface area contributed by atoms with Gasteiger partial charge in [0.25, 0.3) is 0 Å². The average molecular weight is 327 g/mol. The Morgan fingerprint density at radius 1 is 1.22 bits per heavy atom. The van der Waals surface area contributed by atoms with E-state index in [4.69, 9.17) is 4.74 Å². The summed E-state index contributed by atoms with van der Waals surface area (Å²) >= 11 is 0. The van der Waals surface area contributed by atoms with Gasteiger partial charge in [0, 0.05) is 6.54 Å². The first-order chi connectivity index (χ1) is 10.6. The Hall–Kier alpha value is -1.26. The SMILES string of the molecule is CCC1CCCC(C(CC)(CNC(=O)OC(C)(C)C)C(=O)O)C1. The van der Waals surface area contributed by atoms with E-state index >= 15 is 0 Å². The third-order valence-corrected chi connectivity index (χ3v) is 5.15. The molecule has 3 atom stereocenters. The van der Waals surface area contributed by atoms with E-state index in [9.17, 15) is 14.7 Å². The van der Waals surface area contributed by atoms with Gasteiger partial charge in [-0.05, 0) is 51.9 Å². The molecule has 1 fully saturated rings. The van der Waals surface area contributed by atoms with Gasteiger partial charge in [0.05, 0.1) is 5.41 Å². The molecule has 0 bridgehead atoms. The van der Waals surface area contributed by atoms with Gasteiger partial charge in [-0.25, -0.2) is 4.79 Å². The number of carbonyl (C=O) groups excluding carboxylic acids is 1. The van der Waals surface area contributed by atoms with E-state index in [1.165, 1.54) is 6.42 Å². The second kappa shape index (κ2) is 8.02. The number of rotatable bonds is 6. The van der Waals surface area contributed by atoms with Crippen LogP contribution in [-0.2, 0) is 9.53 Å². The summed E-state index contributed by atoms with van der Waals surface area (Å²) in [6, 6.07) is 0. The smallest absolute Gasteiger partial charge is 0.407 e. The van der Waals surface area contributed by atoms with Crippen LogP contribution >= 0.6 is 0 Å². The fourth-order valence-electron chi connectivity index (χ4n) is 3.67. The summed E-state index contributed by atoms with van der Waals surface area (Å²) in [5.41, 5.74) is -1.48. The molecule has 3 unspecified atom stereocenters. The molecule has 1 saturated carbocycles. The quantitative estimate of drug-likeness (QED) is 0.766. The van der Waals surface area contributed by atoms with Crippen molar-refractivity contribution in [2.24, 2.45) is 17.3 Å². The molecule has 1 rings (SSSR count). The fraction of sp³-hybridized carbons (Fsp3) is 0.889. The van der Waals surface area contributed by atoms with Crippen LogP contribution in [0.15, 0.2) is 0 Å². The second-order valence-corrected chi connectivity index (χ2v) is 7.81. The Morgan fingerprint density at radius 3 is 2.35 bits per heavy atom. The molecule has 23 heavy (non-hydrogen) atoms. The fourth-order valence-corrected chi connectivity index (χ4v) is 3.67. The normalized spacial score (nSPS) is 24.6. The van der Waals surface area contributed by atoms with Gasteiger partial charge in [-0.3, -0.25) is 4.79 Å². The van der Waals surface area contributed by atoms with Gasteiger partial charge >= 0.3 is 12.1 Å². The monoisotopic (exact) mass is 327 g/mol. The summed E-state index contributed by atoms with van der Waals surface area (Å²) in [5, 5.41) is 12.6. The second-order valence-electron chi connectivity index (χ2n) is 7.81. The van der Waals surface area contributed by atoms with Crippen LogP contribution in [0.1, 0.15) is 73.1 Å². The lowest BCUT2D eigenvalue weighted by Crippen LogP contribution is -2.49. The molecular weight excluding hydrogens is 294 g/mol. The van der Waals surface area contributed by atoms with Crippen molar-refractivity contribution in [3.8, 4) is 0 Å². The molecule has 2 N–H and O–H groups in total. The summed E-state index contributed by atoms with van der Waals surface area (Å²) in [5.74, 6) is -0.1000. The number of nitrogens with one attached hydrogen (secondary N) is 1. The highest BCUT2D eigenvalue weighted by atomic mass is 16.6. The van der Waals surface area contributed by atoms with E-state index in [0.717, 1.165) is 25.7 Å². The summed E-state index contributed by atoms with van der Waals surface area (Å²) in [6.07, 6.45) is 5.18. The number of alkyl carbamates (subject to hydrolysis) is 1. The van der Waals surface area contributed by atoms with Gasteiger partial charge in [0.15, 0.2) is 0 Å². The zero-order chi connectivity index (χ0) is 17.7. The van der Waals surface area contributed by atoms with Gasteiger partial charge < -0.3 is 15.2 Å². The molecule has 0 spiro atoms. The zero-order valence-electron chi connectivity index (χ0n) is 15.3. The molecule has 134 valence electrons. The molecule has 5 nitrogen and oxygen atoms in total. The highest BCUT2D eigenvalue weighted by molar-refractivity contribution is 5.77. The highest BCUT2D eigenvalue weighted by Crippen LogP contribution is 2.44. The molecule has 0 aliphatic heterocycles. The van der Waals surface area contributed by atoms with Crippen molar-refractivity contribution < 1.29 is 19.4 Å². The van der Waals surface area contributed by atoms with Crippen molar-refractivity contribution in [3.63, 3.8) is 0 Å². The number of carboxylic acids is 1. The summed E-state index contributed by atoms with van der Waals surface area (Å²) in [4.78, 5) is 24.0. The third kappa shape index (κ3) is 5.40. The maximum absolute atomic E-state index is 12.1. The Kier molecular flexibility index (Phi) is 6.90. The summed E-state index contributed by atoms with van der Waals surface area (Å²) in [7, 11) is 0. The number of hydrogen-bond acceptors (Lipinski definition) is 3. The maximum atomic E-state index is 12.1. The number of ether oxygens (including phenoxy) is 1. The molecule has 5 heteroatoms. The van der Waals surface area contributed by atoms with E-state index in [2.05, 4.69) is 12.2 Å². The van der Waals surface area contributed by atoms with Gasteiger partial charge in [-0.15, -0.1) is 0 Å². The predicted molar refractivity (Wildman–Crippen MR) is 90.3 cm³/mol. The van der Waals surface area contributed by atoms with Crippen molar-refractivity contribution in [2.45, 2.75) is 78.7 Å². The van der Waals surface area contributed by atoms with Crippen LogP contribution < -0.4 is 5.32 Å². The van der Waals surface area contributed by atoms with Gasteiger partial charge in [-0.1, -0.05) is 33.1 Å². The van der Waals surface area contributed by atoms with Crippen molar-refractivity contribution in [1.82, 2.24) is 5.32 Å². The van der Waals surface area contributed by atoms with E-state index in [0.29, 0.717) is 12.3 Å². The Labute approximate surface area is 140 Å². The Morgan fingerprint density at radius 2 is 1.87 bits per heavy atom. The van der Waals surface area contributed by atoms with Crippen LogP contribution in [0, 0.1) is 17.3 Å². The number of amides is 1. The Balaban J connectivity index is 2.82. The predicted octanol–water partition coefficient (Wildman–Crippen LogP) is 4.21. The van der Waals surface area contributed by atoms with E-state index < -0.39 is 23.1 Å². The largest absolute Gasteiger partial charge is 0.481 e. The molecule has 1 aliphatic carbocycles. The number of hydrogen-bond donors (Lipinski definition) is 2. The summed E-state index contributed by atoms with van der Waals surface area (Å²) < 4.78 is 5.24. The van der Waals surface area contributed by atoms with Crippen molar-refractivity contribution in [3.05, 3.63) is 0 Å². The van der Waals surface area contributed by atoms with Gasteiger partial charge in [-0.2, -0.15) is 0 Å². The lowest BCUT2D eigenvalue weighted by molar-refractivity contribution is -0.154. The first kappa shape index (κ1) is 19.8. The van der Waals surface area contributed by atoms with Crippen molar-refractivity contribution in [2.75, 3.05) is 6.54 Å². The topological polar surface area (TPSA) is 75.6 Å². The minimum absolute atomic E-state index is 0.110. The first-order valence-electron chi connectivity index (χ1n) is 8.84. The third-order valence-electron chi connectivity index (χ3n) is 5.15. The minimum atomic E-state index is -0.898. The molecule has 0 saturated heterocycles. The van der Waals surface area contributed by atoms with E-state index in [1.807, 2.05) is 6.92 Å². The summed E-state index contributed by atoms with van der Waals surface area (Å²) in [6.45, 7) is 9.59. The number of aliphatic carboxylic acids is 1. The van der Waals surface area contributed by atoms with Crippen LogP contribution in [-0.4, -0.2) is 29.3 Å². The van der Waals surface area contributed by atoms with Crippen LogP contribution in [0.2, 0.25) is 0 Å². The molecule has 0 aromatic heterocycles. The number of carboxylic acid groups (broad SMARTS) is 1. The van der Waals surface area contributed by atoms with E-state index in [1.54, 1.807) is 20.8 Å². The Bertz CT molecular complexity index is 416. The lowest BCUT2D eigenvalue weighted by Gasteiger charge is -2.41. The number of carbonyl (C=O) groups is 2. The van der Waals surface area contributed by atoms with Crippen LogP contribution in [0.3, 0.4) is 0 Å². The highest BCUT2D eigenvalue weighted by Gasteiger charge is 2.46. The van der Waals surface area contributed by atoms with E-state index in [-0.39, 0.29) is 12.5 Å². The molecule has 1 amide bonds. The molecule has 1 aliphatic rings. The first-order valence-corrected chi connectivity index (χ1v) is 8.84. The average Bonchev–Trinajstić information content (AvgIpc) is 2.46. The van der Waals surface area contributed by atoms with Crippen LogP contribution in [0.25, 0.3) is 0 Å². The van der Waals surface area contributed by atoms with Crippen LogP contribution in [0.4, 0.5) is 4.79 Å². The van der Waals surface area contributed by atoms with Gasteiger partial charge in [0.1, 0.15) is 5.60 Å². The minimum Gasteiger partial charge on any atom is -0.481 e. The molecule has 0 heterocycles. The van der Waals surface area contributed by atoms with Gasteiger partial charge in [0.2, 0.25) is 0 Å². The molecule has 0 aromatic carbocycles. The molecular formula is C18H33NO4. The zero-order valence-corrected chi connectivity index (χ0v) is 15.3. The molecule has 0 radical (unpaired) electrons. The maximum Gasteiger partial charge on any atom is 0.407 e. The standard InChI is InChI=1S/C18H33NO4/c1-6-13-9-8-10-14(11-13)18(7-2,15(20)21)12-19-16(22)23-17(3,4)5/h13-14H,6-12H2,1-5H3,(H,19,22)(H,20,21). The van der Waals surface area contributed by atoms with Crippen LogP contribution in [0.5, 0.6) is 0 Å².